The Bertz CT molecular complexity index is 467. The van der Waals surface area contributed by atoms with Crippen molar-refractivity contribution in [1.82, 2.24) is 5.32 Å². The maximum absolute atomic E-state index is 12.7. The third-order valence-electron chi connectivity index (χ3n) is 2.53. The number of ether oxygens (including phenoxy) is 1. The summed E-state index contributed by atoms with van der Waals surface area (Å²) in [6.45, 7) is 1.86. The number of carboxylic acid groups (broad SMARTS) is 1. The lowest BCUT2D eigenvalue weighted by Crippen LogP contribution is -2.33. The summed E-state index contributed by atoms with van der Waals surface area (Å²) in [5, 5.41) is 11.0. The molecule has 0 aliphatic carbocycles. The van der Waals surface area contributed by atoms with Gasteiger partial charge in [0.15, 0.2) is 0 Å². The monoisotopic (exact) mass is 315 g/mol. The average Bonchev–Trinajstić information content (AvgIpc) is 2.45. The summed E-state index contributed by atoms with van der Waals surface area (Å²) in [6, 6.07) is 6.11. The lowest BCUT2D eigenvalue weighted by atomic mass is 10.2. The van der Waals surface area contributed by atoms with Crippen molar-refractivity contribution in [2.45, 2.75) is 11.8 Å². The van der Waals surface area contributed by atoms with Crippen LogP contribution >= 0.6 is 11.8 Å². The molecule has 0 aromatic heterocycles. The van der Waals surface area contributed by atoms with Crippen LogP contribution in [0.1, 0.15) is 6.92 Å². The Kier molecular flexibility index (Phi) is 7.78. The second-order valence-electron chi connectivity index (χ2n) is 4.40. The molecule has 21 heavy (non-hydrogen) atoms. The Morgan fingerprint density at radius 3 is 2.67 bits per heavy atom. The van der Waals surface area contributed by atoms with Crippen molar-refractivity contribution in [3.8, 4) is 0 Å². The van der Waals surface area contributed by atoms with E-state index in [1.807, 2.05) is 0 Å². The van der Waals surface area contributed by atoms with E-state index in [9.17, 15) is 14.0 Å². The number of carbonyl (C=O) groups excluding carboxylic acids is 1. The molecule has 7 heteroatoms. The summed E-state index contributed by atoms with van der Waals surface area (Å²) in [4.78, 5) is 22.9. The summed E-state index contributed by atoms with van der Waals surface area (Å²) >= 11 is 1.48. The summed E-state index contributed by atoms with van der Waals surface area (Å²) in [6.07, 6.45) is 0. The van der Waals surface area contributed by atoms with E-state index in [1.165, 1.54) is 23.9 Å². The van der Waals surface area contributed by atoms with E-state index >= 15 is 0 Å². The zero-order valence-electron chi connectivity index (χ0n) is 11.7. The van der Waals surface area contributed by atoms with Crippen molar-refractivity contribution in [2.24, 2.45) is 5.92 Å². The van der Waals surface area contributed by atoms with Gasteiger partial charge in [-0.1, -0.05) is 6.92 Å². The first-order chi connectivity index (χ1) is 9.99. The molecule has 0 aliphatic heterocycles. The van der Waals surface area contributed by atoms with Crippen LogP contribution < -0.4 is 5.32 Å². The van der Waals surface area contributed by atoms with E-state index in [0.29, 0.717) is 5.75 Å². The topological polar surface area (TPSA) is 75.6 Å². The van der Waals surface area contributed by atoms with Crippen LogP contribution in [-0.2, 0) is 14.3 Å². The second-order valence-corrected chi connectivity index (χ2v) is 5.50. The molecular formula is C14H18FNO4S. The van der Waals surface area contributed by atoms with Crippen molar-refractivity contribution in [3.05, 3.63) is 30.1 Å². The van der Waals surface area contributed by atoms with Crippen LogP contribution in [0.25, 0.3) is 0 Å². The molecule has 2 N–H and O–H groups in total. The van der Waals surface area contributed by atoms with Crippen molar-refractivity contribution < 1.29 is 23.8 Å². The molecule has 1 rings (SSSR count). The SMILES string of the molecule is CC(CSc1ccc(F)cc1)C(=O)NCCOCC(=O)O. The molecule has 0 aliphatic rings. The third-order valence-corrected chi connectivity index (χ3v) is 3.80. The molecule has 0 radical (unpaired) electrons. The Labute approximate surface area is 126 Å². The fourth-order valence-electron chi connectivity index (χ4n) is 1.41. The van der Waals surface area contributed by atoms with E-state index in [4.69, 9.17) is 9.84 Å². The summed E-state index contributed by atoms with van der Waals surface area (Å²) in [7, 11) is 0. The number of halogens is 1. The quantitative estimate of drug-likeness (QED) is 0.536. The fourth-order valence-corrected chi connectivity index (χ4v) is 2.33. The normalized spacial score (nSPS) is 11.9. The molecule has 1 amide bonds. The molecule has 0 heterocycles. The second kappa shape index (κ2) is 9.36. The Balaban J connectivity index is 2.18. The van der Waals surface area contributed by atoms with Gasteiger partial charge in [-0.25, -0.2) is 9.18 Å². The van der Waals surface area contributed by atoms with Gasteiger partial charge in [-0.3, -0.25) is 4.79 Å². The minimum atomic E-state index is -1.04. The molecule has 1 aromatic rings. The van der Waals surface area contributed by atoms with Gasteiger partial charge in [-0.15, -0.1) is 11.8 Å². The number of nitrogens with one attached hydrogen (secondary N) is 1. The van der Waals surface area contributed by atoms with Gasteiger partial charge in [0, 0.05) is 23.1 Å². The van der Waals surface area contributed by atoms with E-state index in [0.717, 1.165) is 4.90 Å². The summed E-state index contributed by atoms with van der Waals surface area (Å²) < 4.78 is 17.6. The minimum absolute atomic E-state index is 0.122. The van der Waals surface area contributed by atoms with Gasteiger partial charge in [0.1, 0.15) is 12.4 Å². The van der Waals surface area contributed by atoms with E-state index in [1.54, 1.807) is 19.1 Å². The van der Waals surface area contributed by atoms with Gasteiger partial charge in [0.05, 0.1) is 6.61 Å². The Morgan fingerprint density at radius 2 is 2.05 bits per heavy atom. The van der Waals surface area contributed by atoms with Crippen molar-refractivity contribution in [3.63, 3.8) is 0 Å². The highest BCUT2D eigenvalue weighted by atomic mass is 32.2. The highest BCUT2D eigenvalue weighted by molar-refractivity contribution is 7.99. The molecule has 0 bridgehead atoms. The number of amides is 1. The molecule has 0 saturated heterocycles. The highest BCUT2D eigenvalue weighted by Crippen LogP contribution is 2.20. The average molecular weight is 315 g/mol. The number of hydrogen-bond donors (Lipinski definition) is 2. The molecule has 1 unspecified atom stereocenters. The van der Waals surface area contributed by atoms with Crippen LogP contribution in [-0.4, -0.2) is 42.5 Å². The Hall–Kier alpha value is -1.60. The number of aliphatic carboxylic acids is 1. The van der Waals surface area contributed by atoms with Gasteiger partial charge in [-0.2, -0.15) is 0 Å². The predicted molar refractivity (Wildman–Crippen MR) is 77.8 cm³/mol. The fraction of sp³-hybridized carbons (Fsp3) is 0.429. The zero-order valence-corrected chi connectivity index (χ0v) is 12.5. The zero-order chi connectivity index (χ0) is 15.7. The molecule has 0 saturated carbocycles. The lowest BCUT2D eigenvalue weighted by Gasteiger charge is -2.11. The van der Waals surface area contributed by atoms with Gasteiger partial charge in [-0.05, 0) is 24.3 Å². The highest BCUT2D eigenvalue weighted by Gasteiger charge is 2.12. The molecule has 1 atom stereocenters. The van der Waals surface area contributed by atoms with Crippen molar-refractivity contribution in [1.29, 1.82) is 0 Å². The van der Waals surface area contributed by atoms with Crippen LogP contribution in [0.5, 0.6) is 0 Å². The van der Waals surface area contributed by atoms with E-state index in [2.05, 4.69) is 5.32 Å². The van der Waals surface area contributed by atoms with Crippen LogP contribution in [0.2, 0.25) is 0 Å². The molecule has 0 fully saturated rings. The van der Waals surface area contributed by atoms with Gasteiger partial charge >= 0.3 is 5.97 Å². The van der Waals surface area contributed by atoms with Crippen LogP contribution in [0, 0.1) is 11.7 Å². The van der Waals surface area contributed by atoms with Gasteiger partial charge < -0.3 is 15.2 Å². The Morgan fingerprint density at radius 1 is 1.38 bits per heavy atom. The number of carboxylic acids is 1. The van der Waals surface area contributed by atoms with E-state index < -0.39 is 5.97 Å². The summed E-state index contributed by atoms with van der Waals surface area (Å²) in [5.41, 5.74) is 0. The van der Waals surface area contributed by atoms with Gasteiger partial charge in [0.2, 0.25) is 5.91 Å². The smallest absolute Gasteiger partial charge is 0.329 e. The third kappa shape index (κ3) is 7.67. The first kappa shape index (κ1) is 17.5. The largest absolute Gasteiger partial charge is 0.480 e. The predicted octanol–water partition coefficient (Wildman–Crippen LogP) is 1.77. The van der Waals surface area contributed by atoms with Crippen molar-refractivity contribution >= 4 is 23.6 Å². The van der Waals surface area contributed by atoms with Crippen molar-refractivity contribution in [2.75, 3.05) is 25.5 Å². The number of hydrogen-bond acceptors (Lipinski definition) is 4. The lowest BCUT2D eigenvalue weighted by molar-refractivity contribution is -0.142. The van der Waals surface area contributed by atoms with E-state index in [-0.39, 0.29) is 37.4 Å². The first-order valence-electron chi connectivity index (χ1n) is 6.44. The first-order valence-corrected chi connectivity index (χ1v) is 7.43. The number of benzene rings is 1. The molecular weight excluding hydrogens is 297 g/mol. The molecule has 1 aromatic carbocycles. The van der Waals surface area contributed by atoms with Gasteiger partial charge in [0.25, 0.3) is 0 Å². The van der Waals surface area contributed by atoms with Crippen LogP contribution in [0.4, 0.5) is 4.39 Å². The maximum Gasteiger partial charge on any atom is 0.329 e. The number of thioether (sulfide) groups is 1. The minimum Gasteiger partial charge on any atom is -0.480 e. The molecule has 5 nitrogen and oxygen atoms in total. The number of rotatable bonds is 9. The summed E-state index contributed by atoms with van der Waals surface area (Å²) in [5.74, 6) is -1.08. The maximum atomic E-state index is 12.7. The number of carbonyl (C=O) groups is 2. The molecule has 116 valence electrons. The molecule has 0 spiro atoms. The standard InChI is InChI=1S/C14H18FNO4S/c1-10(9-21-12-4-2-11(15)3-5-12)14(19)16-6-7-20-8-13(17)18/h2-5,10H,6-9H2,1H3,(H,16,19)(H,17,18). The van der Waals surface area contributed by atoms with Crippen LogP contribution in [0.3, 0.4) is 0 Å². The van der Waals surface area contributed by atoms with Crippen LogP contribution in [0.15, 0.2) is 29.2 Å².